The van der Waals surface area contributed by atoms with Gasteiger partial charge in [0.05, 0.1) is 15.4 Å². The van der Waals surface area contributed by atoms with Crippen molar-refractivity contribution in [2.75, 3.05) is 19.8 Å². The van der Waals surface area contributed by atoms with Gasteiger partial charge in [-0.1, -0.05) is 0 Å². The molecule has 1 amide bonds. The third-order valence-corrected chi connectivity index (χ3v) is 2.18. The summed E-state index contributed by atoms with van der Waals surface area (Å²) in [6.45, 7) is 0. The van der Waals surface area contributed by atoms with Crippen LogP contribution in [0.2, 0.25) is 0 Å². The Balaban J connectivity index is 3.53. The monoisotopic (exact) mass is 254 g/mol. The van der Waals surface area contributed by atoms with E-state index in [9.17, 15) is 25.0 Å². The number of nitrogen functional groups attached to an aromatic ring is 1. The predicted octanol–water partition coefficient (Wildman–Crippen LogP) is 0.787. The molecule has 0 spiro atoms. The highest BCUT2D eigenvalue weighted by Gasteiger charge is 2.26. The lowest BCUT2D eigenvalue weighted by molar-refractivity contribution is -0.392. The maximum atomic E-state index is 11.6. The molecule has 0 radical (unpaired) electrons. The first-order valence-electron chi connectivity index (χ1n) is 4.69. The van der Waals surface area contributed by atoms with Gasteiger partial charge in [0.25, 0.3) is 17.3 Å². The number of nitro benzene ring substituents is 2. The van der Waals surface area contributed by atoms with Gasteiger partial charge in [0.2, 0.25) is 0 Å². The first-order valence-corrected chi connectivity index (χ1v) is 4.69. The van der Waals surface area contributed by atoms with Gasteiger partial charge in [0, 0.05) is 26.2 Å². The fourth-order valence-corrected chi connectivity index (χ4v) is 1.31. The van der Waals surface area contributed by atoms with Crippen molar-refractivity contribution in [2.45, 2.75) is 0 Å². The van der Waals surface area contributed by atoms with Crippen molar-refractivity contribution in [3.8, 4) is 0 Å². The van der Waals surface area contributed by atoms with Crippen molar-refractivity contribution in [3.63, 3.8) is 0 Å². The molecule has 1 rings (SSSR count). The van der Waals surface area contributed by atoms with Crippen LogP contribution in [0.4, 0.5) is 17.1 Å². The normalized spacial score (nSPS) is 9.89. The van der Waals surface area contributed by atoms with Crippen LogP contribution >= 0.6 is 0 Å². The number of amides is 1. The Labute approximate surface area is 101 Å². The summed E-state index contributed by atoms with van der Waals surface area (Å²) in [5, 5.41) is 21.4. The summed E-state index contributed by atoms with van der Waals surface area (Å²) in [4.78, 5) is 32.5. The van der Waals surface area contributed by atoms with Crippen molar-refractivity contribution in [1.82, 2.24) is 4.90 Å². The van der Waals surface area contributed by atoms with Crippen LogP contribution in [0.15, 0.2) is 12.1 Å². The second kappa shape index (κ2) is 4.65. The van der Waals surface area contributed by atoms with Gasteiger partial charge >= 0.3 is 0 Å². The molecule has 0 aliphatic carbocycles. The molecular formula is C9H10N4O5. The van der Waals surface area contributed by atoms with Crippen LogP contribution in [0, 0.1) is 20.2 Å². The second-order valence-electron chi connectivity index (χ2n) is 3.64. The van der Waals surface area contributed by atoms with Crippen molar-refractivity contribution in [2.24, 2.45) is 0 Å². The molecule has 0 saturated heterocycles. The van der Waals surface area contributed by atoms with Crippen LogP contribution in [0.1, 0.15) is 10.4 Å². The van der Waals surface area contributed by atoms with Gasteiger partial charge in [-0.3, -0.25) is 25.0 Å². The Morgan fingerprint density at radius 3 is 1.83 bits per heavy atom. The van der Waals surface area contributed by atoms with E-state index in [4.69, 9.17) is 5.73 Å². The van der Waals surface area contributed by atoms with Crippen LogP contribution < -0.4 is 5.73 Å². The standard InChI is InChI=1S/C9H10N4O5/c1-11(2)9(14)5-3-6(12(15)16)8(10)7(4-5)13(17)18/h3-4H,10H2,1-2H3. The lowest BCUT2D eigenvalue weighted by atomic mass is 10.1. The van der Waals surface area contributed by atoms with Gasteiger partial charge in [0.1, 0.15) is 0 Å². The van der Waals surface area contributed by atoms with Gasteiger partial charge in [-0.05, 0) is 0 Å². The minimum atomic E-state index is -0.866. The SMILES string of the molecule is CN(C)C(=O)c1cc([N+](=O)[O-])c(N)c([N+](=O)[O-])c1. The molecular weight excluding hydrogens is 244 g/mol. The summed E-state index contributed by atoms with van der Waals surface area (Å²) in [6, 6.07) is 1.84. The van der Waals surface area contributed by atoms with Gasteiger partial charge < -0.3 is 10.6 Å². The van der Waals surface area contributed by atoms with E-state index in [0.717, 1.165) is 17.0 Å². The summed E-state index contributed by atoms with van der Waals surface area (Å²) < 4.78 is 0. The van der Waals surface area contributed by atoms with Crippen molar-refractivity contribution < 1.29 is 14.6 Å². The lowest BCUT2D eigenvalue weighted by Gasteiger charge is -2.10. The number of hydrogen-bond donors (Lipinski definition) is 1. The van der Waals surface area contributed by atoms with Crippen molar-refractivity contribution >= 4 is 23.0 Å². The van der Waals surface area contributed by atoms with Crippen LogP contribution in [0.3, 0.4) is 0 Å². The summed E-state index contributed by atoms with van der Waals surface area (Å²) in [5.41, 5.74) is 3.28. The highest BCUT2D eigenvalue weighted by atomic mass is 16.6. The minimum absolute atomic E-state index is 0.160. The molecule has 9 heteroatoms. The molecule has 0 fully saturated rings. The molecule has 0 aliphatic heterocycles. The maximum absolute atomic E-state index is 11.6. The number of carbonyl (C=O) groups is 1. The van der Waals surface area contributed by atoms with E-state index in [1.165, 1.54) is 14.1 Å². The molecule has 1 aromatic carbocycles. The van der Waals surface area contributed by atoms with E-state index >= 15 is 0 Å². The quantitative estimate of drug-likeness (QED) is 0.481. The third-order valence-electron chi connectivity index (χ3n) is 2.18. The minimum Gasteiger partial charge on any atom is -0.388 e. The highest BCUT2D eigenvalue weighted by molar-refractivity contribution is 5.97. The molecule has 1 aromatic rings. The number of rotatable bonds is 3. The summed E-state index contributed by atoms with van der Waals surface area (Å²) >= 11 is 0. The highest BCUT2D eigenvalue weighted by Crippen LogP contribution is 2.32. The molecule has 0 aliphatic rings. The Hall–Kier alpha value is -2.71. The fraction of sp³-hybridized carbons (Fsp3) is 0.222. The summed E-state index contributed by atoms with van der Waals surface area (Å²) in [6.07, 6.45) is 0. The van der Waals surface area contributed by atoms with E-state index < -0.39 is 32.8 Å². The average Bonchev–Trinajstić information content (AvgIpc) is 2.27. The molecule has 18 heavy (non-hydrogen) atoms. The lowest BCUT2D eigenvalue weighted by Crippen LogP contribution is -2.22. The summed E-state index contributed by atoms with van der Waals surface area (Å²) in [7, 11) is 2.85. The molecule has 0 bridgehead atoms. The van der Waals surface area contributed by atoms with Crippen LogP contribution in [0.25, 0.3) is 0 Å². The van der Waals surface area contributed by atoms with Crippen molar-refractivity contribution in [3.05, 3.63) is 37.9 Å². The zero-order chi connectivity index (χ0) is 14.0. The smallest absolute Gasteiger partial charge is 0.300 e. The molecule has 0 heterocycles. The van der Waals surface area contributed by atoms with E-state index in [1.54, 1.807) is 0 Å². The number of nitrogens with zero attached hydrogens (tertiary/aromatic N) is 3. The van der Waals surface area contributed by atoms with E-state index in [2.05, 4.69) is 0 Å². The zero-order valence-corrected chi connectivity index (χ0v) is 9.61. The number of nitrogens with two attached hydrogens (primary N) is 1. The molecule has 0 saturated carbocycles. The van der Waals surface area contributed by atoms with E-state index in [0.29, 0.717) is 0 Å². The second-order valence-corrected chi connectivity index (χ2v) is 3.64. The largest absolute Gasteiger partial charge is 0.388 e. The summed E-state index contributed by atoms with van der Waals surface area (Å²) in [5.74, 6) is -0.582. The Bertz CT molecular complexity index is 505. The predicted molar refractivity (Wildman–Crippen MR) is 62.2 cm³/mol. The van der Waals surface area contributed by atoms with E-state index in [1.807, 2.05) is 0 Å². The molecule has 0 unspecified atom stereocenters. The topological polar surface area (TPSA) is 133 Å². The third kappa shape index (κ3) is 2.34. The Morgan fingerprint density at radius 1 is 1.17 bits per heavy atom. The Morgan fingerprint density at radius 2 is 1.56 bits per heavy atom. The molecule has 96 valence electrons. The fourth-order valence-electron chi connectivity index (χ4n) is 1.31. The van der Waals surface area contributed by atoms with Gasteiger partial charge in [-0.25, -0.2) is 0 Å². The molecule has 2 N–H and O–H groups in total. The number of hydrogen-bond acceptors (Lipinski definition) is 6. The molecule has 9 nitrogen and oxygen atoms in total. The van der Waals surface area contributed by atoms with Gasteiger partial charge in [0.15, 0.2) is 5.69 Å². The van der Waals surface area contributed by atoms with Crippen LogP contribution in [-0.2, 0) is 0 Å². The molecule has 0 atom stereocenters. The van der Waals surface area contributed by atoms with Crippen LogP contribution in [-0.4, -0.2) is 34.7 Å². The van der Waals surface area contributed by atoms with E-state index in [-0.39, 0.29) is 5.56 Å². The number of benzene rings is 1. The Kier molecular flexibility index (Phi) is 3.45. The maximum Gasteiger partial charge on any atom is 0.300 e. The van der Waals surface area contributed by atoms with Gasteiger partial charge in [-0.2, -0.15) is 0 Å². The molecule has 0 aromatic heterocycles. The van der Waals surface area contributed by atoms with Crippen LogP contribution in [0.5, 0.6) is 0 Å². The average molecular weight is 254 g/mol. The first-order chi connectivity index (χ1) is 8.25. The first kappa shape index (κ1) is 13.4. The van der Waals surface area contributed by atoms with Gasteiger partial charge in [-0.15, -0.1) is 0 Å². The zero-order valence-electron chi connectivity index (χ0n) is 9.61. The number of carbonyl (C=O) groups excluding carboxylic acids is 1. The van der Waals surface area contributed by atoms with Crippen molar-refractivity contribution in [1.29, 1.82) is 0 Å². The number of anilines is 1. The number of nitro groups is 2.